The van der Waals surface area contributed by atoms with E-state index in [-0.39, 0.29) is 0 Å². The maximum absolute atomic E-state index is 4.83. The molecule has 4 heteroatoms. The Labute approximate surface area is 114 Å². The van der Waals surface area contributed by atoms with Crippen molar-refractivity contribution in [2.75, 3.05) is 25.0 Å². The average Bonchev–Trinajstić information content (AvgIpc) is 2.92. The molecule has 0 spiro atoms. The molecule has 1 aliphatic heterocycles. The third-order valence-corrected chi connectivity index (χ3v) is 4.24. The van der Waals surface area contributed by atoms with Crippen molar-refractivity contribution in [2.24, 2.45) is 11.8 Å². The Kier molecular flexibility index (Phi) is 3.19. The Bertz CT molecular complexity index is 565. The molecule has 0 amide bonds. The molecule has 0 radical (unpaired) electrons. The highest BCUT2D eigenvalue weighted by molar-refractivity contribution is 5.56. The lowest BCUT2D eigenvalue weighted by Gasteiger charge is -2.17. The van der Waals surface area contributed by atoms with Gasteiger partial charge in [-0.05, 0) is 31.0 Å². The van der Waals surface area contributed by atoms with Crippen LogP contribution in [0.4, 0.5) is 5.82 Å². The molecule has 3 rings (SSSR count). The lowest BCUT2D eigenvalue weighted by Crippen LogP contribution is -2.22. The second kappa shape index (κ2) is 4.85. The molecule has 3 heterocycles. The van der Waals surface area contributed by atoms with Crippen LogP contribution in [-0.4, -0.2) is 29.5 Å². The zero-order valence-electron chi connectivity index (χ0n) is 11.9. The highest BCUT2D eigenvalue weighted by Gasteiger charge is 2.29. The van der Waals surface area contributed by atoms with Crippen molar-refractivity contribution in [1.29, 1.82) is 0 Å². The van der Waals surface area contributed by atoms with Gasteiger partial charge in [-0.2, -0.15) is 0 Å². The number of rotatable bonds is 3. The van der Waals surface area contributed by atoms with E-state index in [2.05, 4.69) is 46.8 Å². The van der Waals surface area contributed by atoms with Gasteiger partial charge in [-0.1, -0.05) is 19.9 Å². The Morgan fingerprint density at radius 1 is 1.26 bits per heavy atom. The highest BCUT2D eigenvalue weighted by Crippen LogP contribution is 2.30. The largest absolute Gasteiger partial charge is 0.354 e. The zero-order chi connectivity index (χ0) is 13.4. The molecule has 0 bridgehead atoms. The lowest BCUT2D eigenvalue weighted by molar-refractivity contribution is 0.494. The van der Waals surface area contributed by atoms with Crippen LogP contribution < -0.4 is 10.2 Å². The third kappa shape index (κ3) is 2.10. The van der Waals surface area contributed by atoms with Gasteiger partial charge < -0.3 is 14.6 Å². The Hall–Kier alpha value is -1.55. The van der Waals surface area contributed by atoms with Crippen molar-refractivity contribution in [3.63, 3.8) is 0 Å². The van der Waals surface area contributed by atoms with Crippen molar-refractivity contribution in [1.82, 2.24) is 14.7 Å². The Morgan fingerprint density at radius 3 is 2.68 bits per heavy atom. The van der Waals surface area contributed by atoms with Gasteiger partial charge in [-0.15, -0.1) is 0 Å². The van der Waals surface area contributed by atoms with E-state index in [1.165, 1.54) is 5.69 Å². The maximum atomic E-state index is 4.83. The minimum Gasteiger partial charge on any atom is -0.354 e. The van der Waals surface area contributed by atoms with E-state index in [1.54, 1.807) is 0 Å². The van der Waals surface area contributed by atoms with Gasteiger partial charge in [0, 0.05) is 25.8 Å². The first-order chi connectivity index (χ1) is 9.20. The summed E-state index contributed by atoms with van der Waals surface area (Å²) in [5.41, 5.74) is 2.30. The molecular formula is C15H22N4. The molecule has 2 aromatic heterocycles. The minimum atomic E-state index is 0.743. The normalized spacial score (nSPS) is 23.4. The second-order valence-corrected chi connectivity index (χ2v) is 5.70. The van der Waals surface area contributed by atoms with Crippen LogP contribution in [0.15, 0.2) is 24.4 Å². The molecule has 2 aromatic rings. The molecule has 1 aliphatic rings. The summed E-state index contributed by atoms with van der Waals surface area (Å²) in [6.07, 6.45) is 2.10. The fourth-order valence-corrected chi connectivity index (χ4v) is 2.92. The quantitative estimate of drug-likeness (QED) is 0.915. The summed E-state index contributed by atoms with van der Waals surface area (Å²) in [6, 6.07) is 6.18. The number of anilines is 1. The molecule has 0 aliphatic carbocycles. The van der Waals surface area contributed by atoms with Gasteiger partial charge in [-0.25, -0.2) is 4.98 Å². The summed E-state index contributed by atoms with van der Waals surface area (Å²) in [6.45, 7) is 7.74. The van der Waals surface area contributed by atoms with E-state index in [0.29, 0.717) is 0 Å². The van der Waals surface area contributed by atoms with Gasteiger partial charge in [0.25, 0.3) is 0 Å². The highest BCUT2D eigenvalue weighted by atomic mass is 15.3. The van der Waals surface area contributed by atoms with Crippen molar-refractivity contribution < 1.29 is 0 Å². The minimum absolute atomic E-state index is 0.743. The summed E-state index contributed by atoms with van der Waals surface area (Å²) >= 11 is 0. The maximum Gasteiger partial charge on any atom is 0.152 e. The number of aromatic nitrogens is 2. The molecular weight excluding hydrogens is 236 g/mol. The molecule has 1 fully saturated rings. The number of hydrogen-bond donors (Lipinski definition) is 1. The van der Waals surface area contributed by atoms with Crippen LogP contribution in [0.2, 0.25) is 0 Å². The fourth-order valence-electron chi connectivity index (χ4n) is 2.92. The number of imidazole rings is 1. The van der Waals surface area contributed by atoms with Gasteiger partial charge >= 0.3 is 0 Å². The molecule has 4 nitrogen and oxygen atoms in total. The first kappa shape index (κ1) is 12.5. The lowest BCUT2D eigenvalue weighted by atomic mass is 10.0. The van der Waals surface area contributed by atoms with Crippen LogP contribution in [0.1, 0.15) is 19.5 Å². The van der Waals surface area contributed by atoms with Crippen molar-refractivity contribution in [3.05, 3.63) is 30.1 Å². The van der Waals surface area contributed by atoms with E-state index in [1.807, 2.05) is 13.1 Å². The molecule has 2 atom stereocenters. The first-order valence-electron chi connectivity index (χ1n) is 7.06. The molecule has 0 aromatic carbocycles. The predicted octanol–water partition coefficient (Wildman–Crippen LogP) is 2.15. The van der Waals surface area contributed by atoms with Gasteiger partial charge in [-0.3, -0.25) is 0 Å². The first-order valence-corrected chi connectivity index (χ1v) is 7.06. The fraction of sp³-hybridized carbons (Fsp3) is 0.533. The predicted molar refractivity (Wildman–Crippen MR) is 78.5 cm³/mol. The number of hydrogen-bond acceptors (Lipinski definition) is 3. The summed E-state index contributed by atoms with van der Waals surface area (Å²) in [5.74, 6) is 2.64. The third-order valence-electron chi connectivity index (χ3n) is 4.24. The molecule has 0 saturated carbocycles. The van der Waals surface area contributed by atoms with Crippen LogP contribution in [0.3, 0.4) is 0 Å². The molecule has 1 saturated heterocycles. The topological polar surface area (TPSA) is 32.6 Å². The van der Waals surface area contributed by atoms with Crippen LogP contribution in [0.25, 0.3) is 5.65 Å². The van der Waals surface area contributed by atoms with E-state index >= 15 is 0 Å². The molecule has 19 heavy (non-hydrogen) atoms. The van der Waals surface area contributed by atoms with Gasteiger partial charge in [0.2, 0.25) is 0 Å². The number of pyridine rings is 1. The summed E-state index contributed by atoms with van der Waals surface area (Å²) in [4.78, 5) is 7.27. The summed E-state index contributed by atoms with van der Waals surface area (Å²) in [7, 11) is 1.99. The Balaban J connectivity index is 2.05. The van der Waals surface area contributed by atoms with Crippen LogP contribution in [0.5, 0.6) is 0 Å². The second-order valence-electron chi connectivity index (χ2n) is 5.70. The Morgan fingerprint density at radius 2 is 2.00 bits per heavy atom. The monoisotopic (exact) mass is 258 g/mol. The molecule has 102 valence electrons. The van der Waals surface area contributed by atoms with Crippen LogP contribution >= 0.6 is 0 Å². The zero-order valence-corrected chi connectivity index (χ0v) is 11.9. The van der Waals surface area contributed by atoms with E-state index < -0.39 is 0 Å². The van der Waals surface area contributed by atoms with Gasteiger partial charge in [0.1, 0.15) is 5.65 Å². The van der Waals surface area contributed by atoms with Gasteiger partial charge in [0.15, 0.2) is 5.82 Å². The van der Waals surface area contributed by atoms with Crippen LogP contribution in [-0.2, 0) is 6.54 Å². The summed E-state index contributed by atoms with van der Waals surface area (Å²) in [5, 5.41) is 3.26. The summed E-state index contributed by atoms with van der Waals surface area (Å²) < 4.78 is 2.19. The standard InChI is InChI=1S/C15H22N4/c1-11-9-18(10-12(11)2)15-13(8-16-3)19-7-5-4-6-14(19)17-15/h4-7,11-12,16H,8-10H2,1-3H3. The number of fused-ring (bicyclic) bond motifs is 1. The van der Waals surface area contributed by atoms with Crippen molar-refractivity contribution >= 4 is 11.5 Å². The number of nitrogens with zero attached hydrogens (tertiary/aromatic N) is 3. The van der Waals surface area contributed by atoms with Crippen LogP contribution in [0, 0.1) is 11.8 Å². The SMILES string of the molecule is CNCc1c(N2CC(C)C(C)C2)nc2ccccn12. The van der Waals surface area contributed by atoms with E-state index in [0.717, 1.165) is 42.9 Å². The molecule has 1 N–H and O–H groups in total. The van der Waals surface area contributed by atoms with E-state index in [4.69, 9.17) is 4.98 Å². The van der Waals surface area contributed by atoms with Crippen molar-refractivity contribution in [3.8, 4) is 0 Å². The van der Waals surface area contributed by atoms with Crippen molar-refractivity contribution in [2.45, 2.75) is 20.4 Å². The van der Waals surface area contributed by atoms with Gasteiger partial charge in [0.05, 0.1) is 5.69 Å². The molecule has 2 unspecified atom stereocenters. The number of nitrogens with one attached hydrogen (secondary N) is 1. The smallest absolute Gasteiger partial charge is 0.152 e. The van der Waals surface area contributed by atoms with E-state index in [9.17, 15) is 0 Å². The average molecular weight is 258 g/mol.